The van der Waals surface area contributed by atoms with Gasteiger partial charge in [0.25, 0.3) is 0 Å². The van der Waals surface area contributed by atoms with Crippen LogP contribution < -0.4 is 4.74 Å². The van der Waals surface area contributed by atoms with Gasteiger partial charge in [0.1, 0.15) is 10.4 Å². The number of nitrogens with zero attached hydrogens (tertiary/aromatic N) is 2. The lowest BCUT2D eigenvalue weighted by Crippen LogP contribution is -2.14. The van der Waals surface area contributed by atoms with E-state index in [0.29, 0.717) is 10.5 Å². The van der Waals surface area contributed by atoms with Crippen molar-refractivity contribution in [1.82, 2.24) is 9.97 Å². The highest BCUT2D eigenvalue weighted by Crippen LogP contribution is 2.29. The summed E-state index contributed by atoms with van der Waals surface area (Å²) in [6, 6.07) is 8.14. The minimum Gasteiger partial charge on any atom is -0.438 e. The third-order valence-electron chi connectivity index (χ3n) is 3.34. The van der Waals surface area contributed by atoms with Gasteiger partial charge in [0.15, 0.2) is 0 Å². The number of hydrogen-bond acceptors (Lipinski definition) is 3. The second-order valence-corrected chi connectivity index (χ2v) is 5.85. The van der Waals surface area contributed by atoms with Crippen molar-refractivity contribution in [3.05, 3.63) is 46.8 Å². The third-order valence-corrected chi connectivity index (χ3v) is 3.75. The quantitative estimate of drug-likeness (QED) is 0.817. The number of halogens is 1. The fourth-order valence-corrected chi connectivity index (χ4v) is 1.86. The van der Waals surface area contributed by atoms with Gasteiger partial charge in [0.05, 0.1) is 12.4 Å². The van der Waals surface area contributed by atoms with E-state index in [1.54, 1.807) is 12.4 Å². The van der Waals surface area contributed by atoms with E-state index in [9.17, 15) is 0 Å². The van der Waals surface area contributed by atoms with Crippen LogP contribution in [0.2, 0.25) is 0 Å². The van der Waals surface area contributed by atoms with Gasteiger partial charge in [-0.1, -0.05) is 32.9 Å². The maximum Gasteiger partial charge on any atom is 0.237 e. The summed E-state index contributed by atoms with van der Waals surface area (Å²) in [4.78, 5) is 8.20. The molecule has 0 spiro atoms. The standard InChI is InChI=1S/C15H17BrN2O/c1-4-15(2,3)11-5-7-12(8-6-11)19-14-10-17-13(16)9-18-14/h5-10H,4H2,1-3H3. The largest absolute Gasteiger partial charge is 0.438 e. The number of ether oxygens (including phenoxy) is 1. The molecule has 0 saturated carbocycles. The Kier molecular flexibility index (Phi) is 4.20. The van der Waals surface area contributed by atoms with Crippen molar-refractivity contribution in [2.75, 3.05) is 0 Å². The summed E-state index contributed by atoms with van der Waals surface area (Å²) in [6.07, 6.45) is 4.31. The van der Waals surface area contributed by atoms with Crippen LogP contribution in [-0.2, 0) is 5.41 Å². The van der Waals surface area contributed by atoms with Gasteiger partial charge >= 0.3 is 0 Å². The summed E-state index contributed by atoms with van der Waals surface area (Å²) in [7, 11) is 0. The van der Waals surface area contributed by atoms with Crippen LogP contribution in [0.1, 0.15) is 32.8 Å². The maximum atomic E-state index is 5.64. The van der Waals surface area contributed by atoms with Gasteiger partial charge < -0.3 is 4.74 Å². The van der Waals surface area contributed by atoms with Crippen LogP contribution in [-0.4, -0.2) is 9.97 Å². The summed E-state index contributed by atoms with van der Waals surface area (Å²) in [6.45, 7) is 6.67. The molecule has 100 valence electrons. The van der Waals surface area contributed by atoms with E-state index >= 15 is 0 Å². The van der Waals surface area contributed by atoms with E-state index in [2.05, 4.69) is 58.8 Å². The molecular weight excluding hydrogens is 304 g/mol. The van der Waals surface area contributed by atoms with Gasteiger partial charge in [0, 0.05) is 0 Å². The van der Waals surface area contributed by atoms with Gasteiger partial charge in [-0.25, -0.2) is 9.97 Å². The lowest BCUT2D eigenvalue weighted by molar-refractivity contribution is 0.457. The van der Waals surface area contributed by atoms with E-state index in [-0.39, 0.29) is 5.41 Å². The molecule has 1 heterocycles. The van der Waals surface area contributed by atoms with Crippen molar-refractivity contribution >= 4 is 15.9 Å². The molecule has 0 aliphatic carbocycles. The van der Waals surface area contributed by atoms with Crippen molar-refractivity contribution in [3.63, 3.8) is 0 Å². The molecule has 0 amide bonds. The molecule has 0 fully saturated rings. The van der Waals surface area contributed by atoms with E-state index in [4.69, 9.17) is 4.74 Å². The van der Waals surface area contributed by atoms with Gasteiger partial charge in [-0.2, -0.15) is 0 Å². The number of benzene rings is 1. The van der Waals surface area contributed by atoms with Crippen LogP contribution in [0.3, 0.4) is 0 Å². The van der Waals surface area contributed by atoms with E-state index in [0.717, 1.165) is 12.2 Å². The molecule has 0 atom stereocenters. The fourth-order valence-electron chi connectivity index (χ4n) is 1.65. The van der Waals surface area contributed by atoms with Crippen LogP contribution in [0.15, 0.2) is 41.3 Å². The van der Waals surface area contributed by atoms with Crippen molar-refractivity contribution in [3.8, 4) is 11.6 Å². The molecule has 0 saturated heterocycles. The summed E-state index contributed by atoms with van der Waals surface area (Å²) < 4.78 is 6.33. The molecule has 4 heteroatoms. The van der Waals surface area contributed by atoms with Crippen LogP contribution >= 0.6 is 15.9 Å². The molecule has 0 unspecified atom stereocenters. The van der Waals surface area contributed by atoms with Gasteiger partial charge in [-0.3, -0.25) is 0 Å². The molecule has 1 aromatic carbocycles. The van der Waals surface area contributed by atoms with E-state index in [1.807, 2.05) is 12.1 Å². The zero-order valence-electron chi connectivity index (χ0n) is 11.4. The lowest BCUT2D eigenvalue weighted by atomic mass is 9.82. The van der Waals surface area contributed by atoms with E-state index in [1.165, 1.54) is 5.56 Å². The normalized spacial score (nSPS) is 11.4. The Bertz CT molecular complexity index is 535. The fraction of sp³-hybridized carbons (Fsp3) is 0.333. The first-order valence-corrected chi connectivity index (χ1v) is 7.06. The monoisotopic (exact) mass is 320 g/mol. The first-order chi connectivity index (χ1) is 9.01. The van der Waals surface area contributed by atoms with Crippen molar-refractivity contribution in [2.24, 2.45) is 0 Å². The first kappa shape index (κ1) is 14.0. The molecule has 0 N–H and O–H groups in total. The van der Waals surface area contributed by atoms with Gasteiger partial charge in [-0.05, 0) is 45.5 Å². The van der Waals surface area contributed by atoms with Crippen LogP contribution in [0, 0.1) is 0 Å². The molecule has 1 aromatic heterocycles. The van der Waals surface area contributed by atoms with Crippen LogP contribution in [0.5, 0.6) is 11.6 Å². The van der Waals surface area contributed by atoms with Crippen LogP contribution in [0.4, 0.5) is 0 Å². The molecule has 3 nitrogen and oxygen atoms in total. The molecule has 0 radical (unpaired) electrons. The van der Waals surface area contributed by atoms with Crippen molar-refractivity contribution < 1.29 is 4.74 Å². The Morgan fingerprint density at radius 3 is 2.32 bits per heavy atom. The predicted octanol–water partition coefficient (Wildman–Crippen LogP) is 4.72. The Balaban J connectivity index is 2.13. The Hall–Kier alpha value is -1.42. The average molecular weight is 321 g/mol. The summed E-state index contributed by atoms with van der Waals surface area (Å²) in [5.74, 6) is 1.26. The van der Waals surface area contributed by atoms with Crippen molar-refractivity contribution in [2.45, 2.75) is 32.6 Å². The van der Waals surface area contributed by atoms with Crippen molar-refractivity contribution in [1.29, 1.82) is 0 Å². The zero-order chi connectivity index (χ0) is 13.9. The summed E-state index contributed by atoms with van der Waals surface area (Å²) >= 11 is 3.24. The zero-order valence-corrected chi connectivity index (χ0v) is 12.9. The average Bonchev–Trinajstić information content (AvgIpc) is 2.42. The van der Waals surface area contributed by atoms with Gasteiger partial charge in [-0.15, -0.1) is 0 Å². The third kappa shape index (κ3) is 3.53. The van der Waals surface area contributed by atoms with E-state index < -0.39 is 0 Å². The first-order valence-electron chi connectivity index (χ1n) is 6.27. The van der Waals surface area contributed by atoms with Gasteiger partial charge in [0.2, 0.25) is 5.88 Å². The summed E-state index contributed by atoms with van der Waals surface area (Å²) in [5, 5.41) is 0. The second-order valence-electron chi connectivity index (χ2n) is 5.04. The Morgan fingerprint density at radius 1 is 1.11 bits per heavy atom. The number of hydrogen-bond donors (Lipinski definition) is 0. The second kappa shape index (κ2) is 5.70. The number of rotatable bonds is 4. The smallest absolute Gasteiger partial charge is 0.237 e. The lowest BCUT2D eigenvalue weighted by Gasteiger charge is -2.23. The molecule has 2 aromatic rings. The highest BCUT2D eigenvalue weighted by Gasteiger charge is 2.17. The topological polar surface area (TPSA) is 35.0 Å². The molecule has 0 aliphatic heterocycles. The molecule has 0 bridgehead atoms. The molecule has 0 aliphatic rings. The van der Waals surface area contributed by atoms with Crippen LogP contribution in [0.25, 0.3) is 0 Å². The summed E-state index contributed by atoms with van der Waals surface area (Å²) in [5.41, 5.74) is 1.50. The maximum absolute atomic E-state index is 5.64. The molecular formula is C15H17BrN2O. The molecule has 19 heavy (non-hydrogen) atoms. The number of aromatic nitrogens is 2. The highest BCUT2D eigenvalue weighted by atomic mass is 79.9. The SMILES string of the molecule is CCC(C)(C)c1ccc(Oc2cnc(Br)cn2)cc1. The molecule has 2 rings (SSSR count). The minimum atomic E-state index is 0.190. The minimum absolute atomic E-state index is 0.190. The highest BCUT2D eigenvalue weighted by molar-refractivity contribution is 9.10. The Labute approximate surface area is 122 Å². The predicted molar refractivity (Wildman–Crippen MR) is 79.6 cm³/mol. The Morgan fingerprint density at radius 2 is 1.79 bits per heavy atom.